The number of benzene rings is 3. The molecule has 0 atom stereocenters. The standard InChI is InChI=1S/C26H20ClIN2O5/c1-2-34-22-14-16(13-21(28)23(22)35-15-17-8-6-7-11-20(17)27)12-19-24(31)29-26(33)30(25(19)32)18-9-4-3-5-10-18/h3-14H,2,15H2,1H3,(H,29,31,33)/b19-12-. The largest absolute Gasteiger partial charge is 0.490 e. The van der Waals surface area contributed by atoms with E-state index in [1.165, 1.54) is 6.08 Å². The molecule has 4 amide bonds. The number of halogens is 2. The molecular formula is C26H20ClIN2O5. The van der Waals surface area contributed by atoms with Crippen LogP contribution in [0.1, 0.15) is 18.1 Å². The molecule has 35 heavy (non-hydrogen) atoms. The minimum Gasteiger partial charge on any atom is -0.490 e. The Hall–Kier alpha value is -3.37. The van der Waals surface area contributed by atoms with Crippen LogP contribution in [0.5, 0.6) is 11.5 Å². The highest BCUT2D eigenvalue weighted by Crippen LogP contribution is 2.36. The molecule has 9 heteroatoms. The van der Waals surface area contributed by atoms with Gasteiger partial charge in [0.15, 0.2) is 11.5 Å². The lowest BCUT2D eigenvalue weighted by atomic mass is 10.1. The molecule has 3 aromatic carbocycles. The number of amides is 4. The van der Waals surface area contributed by atoms with Crippen LogP contribution in [0, 0.1) is 3.57 Å². The van der Waals surface area contributed by atoms with Gasteiger partial charge >= 0.3 is 6.03 Å². The van der Waals surface area contributed by atoms with E-state index >= 15 is 0 Å². The molecule has 1 aliphatic rings. The summed E-state index contributed by atoms with van der Waals surface area (Å²) in [5.41, 5.74) is 1.57. The monoisotopic (exact) mass is 602 g/mol. The lowest BCUT2D eigenvalue weighted by Crippen LogP contribution is -2.54. The van der Waals surface area contributed by atoms with Gasteiger partial charge in [-0.1, -0.05) is 48.0 Å². The van der Waals surface area contributed by atoms with Crippen molar-refractivity contribution in [2.75, 3.05) is 11.5 Å². The zero-order chi connectivity index (χ0) is 24.9. The van der Waals surface area contributed by atoms with Crippen molar-refractivity contribution in [1.82, 2.24) is 5.32 Å². The number of rotatable bonds is 7. The highest BCUT2D eigenvalue weighted by atomic mass is 127. The van der Waals surface area contributed by atoms with E-state index in [4.69, 9.17) is 21.1 Å². The summed E-state index contributed by atoms with van der Waals surface area (Å²) in [7, 11) is 0. The molecule has 0 bridgehead atoms. The number of carbonyl (C=O) groups excluding carboxylic acids is 3. The second-order valence-electron chi connectivity index (χ2n) is 7.44. The van der Waals surface area contributed by atoms with E-state index in [2.05, 4.69) is 27.9 Å². The average Bonchev–Trinajstić information content (AvgIpc) is 2.83. The quantitative estimate of drug-likeness (QED) is 0.217. The Kier molecular flexibility index (Phi) is 7.72. The van der Waals surface area contributed by atoms with Gasteiger partial charge in [0.05, 0.1) is 15.9 Å². The van der Waals surface area contributed by atoms with Gasteiger partial charge in [-0.15, -0.1) is 0 Å². The van der Waals surface area contributed by atoms with Crippen LogP contribution in [0.2, 0.25) is 5.02 Å². The first kappa shape index (κ1) is 24.7. The second kappa shape index (κ2) is 10.9. The Balaban J connectivity index is 1.66. The molecule has 1 saturated heterocycles. The van der Waals surface area contributed by atoms with Crippen LogP contribution in [0.3, 0.4) is 0 Å². The molecule has 1 fully saturated rings. The van der Waals surface area contributed by atoms with E-state index in [0.29, 0.717) is 37.9 Å². The van der Waals surface area contributed by atoms with Crippen LogP contribution in [0.25, 0.3) is 6.08 Å². The fraction of sp³-hybridized carbons (Fsp3) is 0.115. The lowest BCUT2D eigenvalue weighted by Gasteiger charge is -2.26. The van der Waals surface area contributed by atoms with Crippen molar-refractivity contribution in [2.24, 2.45) is 0 Å². The summed E-state index contributed by atoms with van der Waals surface area (Å²) >= 11 is 8.35. The normalized spacial score (nSPS) is 14.8. The summed E-state index contributed by atoms with van der Waals surface area (Å²) in [5.74, 6) is -0.496. The number of imide groups is 2. The zero-order valence-electron chi connectivity index (χ0n) is 18.6. The zero-order valence-corrected chi connectivity index (χ0v) is 21.5. The summed E-state index contributed by atoms with van der Waals surface area (Å²) in [4.78, 5) is 38.9. The Morgan fingerprint density at radius 3 is 2.43 bits per heavy atom. The van der Waals surface area contributed by atoms with Gasteiger partial charge < -0.3 is 9.47 Å². The van der Waals surface area contributed by atoms with Crippen LogP contribution < -0.4 is 19.7 Å². The van der Waals surface area contributed by atoms with Gasteiger partial charge in [-0.2, -0.15) is 0 Å². The van der Waals surface area contributed by atoms with Crippen molar-refractivity contribution in [3.63, 3.8) is 0 Å². The van der Waals surface area contributed by atoms with Crippen molar-refractivity contribution >= 4 is 63.8 Å². The fourth-order valence-electron chi connectivity index (χ4n) is 3.48. The van der Waals surface area contributed by atoms with Crippen LogP contribution in [-0.2, 0) is 16.2 Å². The molecule has 178 valence electrons. The molecule has 0 unspecified atom stereocenters. The summed E-state index contributed by atoms with van der Waals surface area (Å²) < 4.78 is 12.5. The van der Waals surface area contributed by atoms with Gasteiger partial charge in [0.2, 0.25) is 0 Å². The summed E-state index contributed by atoms with van der Waals surface area (Å²) in [6.45, 7) is 2.47. The first-order chi connectivity index (χ1) is 16.9. The number of hydrogen-bond donors (Lipinski definition) is 1. The maximum atomic E-state index is 13.1. The molecule has 1 aliphatic heterocycles. The molecular weight excluding hydrogens is 583 g/mol. The Morgan fingerprint density at radius 1 is 1.00 bits per heavy atom. The third-order valence-electron chi connectivity index (χ3n) is 5.09. The van der Waals surface area contributed by atoms with E-state index < -0.39 is 17.8 Å². The van der Waals surface area contributed by atoms with Crippen molar-refractivity contribution in [3.05, 3.63) is 92.0 Å². The smallest absolute Gasteiger partial charge is 0.335 e. The number of barbiturate groups is 1. The molecule has 1 heterocycles. The third-order valence-corrected chi connectivity index (χ3v) is 6.26. The number of anilines is 1. The summed E-state index contributed by atoms with van der Waals surface area (Å²) in [6.07, 6.45) is 1.43. The van der Waals surface area contributed by atoms with E-state index in [9.17, 15) is 14.4 Å². The maximum Gasteiger partial charge on any atom is 0.335 e. The highest BCUT2D eigenvalue weighted by molar-refractivity contribution is 14.1. The molecule has 0 aromatic heterocycles. The van der Waals surface area contributed by atoms with Gasteiger partial charge in [-0.25, -0.2) is 9.69 Å². The van der Waals surface area contributed by atoms with Crippen molar-refractivity contribution in [1.29, 1.82) is 0 Å². The van der Waals surface area contributed by atoms with E-state index in [1.807, 2.05) is 25.1 Å². The van der Waals surface area contributed by atoms with Gasteiger partial charge in [0.25, 0.3) is 11.8 Å². The molecule has 7 nitrogen and oxygen atoms in total. The Morgan fingerprint density at radius 2 is 1.71 bits per heavy atom. The SMILES string of the molecule is CCOc1cc(/C=C2/C(=O)NC(=O)N(c3ccccc3)C2=O)cc(I)c1OCc1ccccc1Cl. The van der Waals surface area contributed by atoms with Crippen LogP contribution in [-0.4, -0.2) is 24.5 Å². The first-order valence-electron chi connectivity index (χ1n) is 10.7. The summed E-state index contributed by atoms with van der Waals surface area (Å²) in [5, 5.41) is 2.83. The highest BCUT2D eigenvalue weighted by Gasteiger charge is 2.36. The maximum absolute atomic E-state index is 13.1. The van der Waals surface area contributed by atoms with Gasteiger partial charge in [-0.05, 0) is 71.5 Å². The number of para-hydroxylation sites is 1. The summed E-state index contributed by atoms with van der Waals surface area (Å²) in [6, 6.07) is 18.5. The Labute approximate surface area is 220 Å². The van der Waals surface area contributed by atoms with Gasteiger partial charge in [0, 0.05) is 10.6 Å². The predicted octanol–water partition coefficient (Wildman–Crippen LogP) is 5.59. The van der Waals surface area contributed by atoms with Gasteiger partial charge in [-0.3, -0.25) is 14.9 Å². The molecule has 4 rings (SSSR count). The minimum atomic E-state index is -0.795. The molecule has 3 aromatic rings. The predicted molar refractivity (Wildman–Crippen MR) is 142 cm³/mol. The topological polar surface area (TPSA) is 84.9 Å². The third kappa shape index (κ3) is 5.49. The van der Waals surface area contributed by atoms with Crippen LogP contribution in [0.15, 0.2) is 72.3 Å². The Bertz CT molecular complexity index is 1330. The number of urea groups is 1. The van der Waals surface area contributed by atoms with Crippen LogP contribution >= 0.6 is 34.2 Å². The second-order valence-corrected chi connectivity index (χ2v) is 9.01. The number of ether oxygens (including phenoxy) is 2. The minimum absolute atomic E-state index is 0.170. The number of nitrogens with zero attached hydrogens (tertiary/aromatic N) is 1. The van der Waals surface area contributed by atoms with E-state index in [-0.39, 0.29) is 12.2 Å². The molecule has 0 radical (unpaired) electrons. The van der Waals surface area contributed by atoms with Gasteiger partial charge in [0.1, 0.15) is 12.2 Å². The fourth-order valence-corrected chi connectivity index (χ4v) is 4.45. The molecule has 1 N–H and O–H groups in total. The lowest BCUT2D eigenvalue weighted by molar-refractivity contribution is -0.122. The number of hydrogen-bond acceptors (Lipinski definition) is 5. The van der Waals surface area contributed by atoms with E-state index in [0.717, 1.165) is 10.5 Å². The molecule has 0 saturated carbocycles. The molecule has 0 aliphatic carbocycles. The first-order valence-corrected chi connectivity index (χ1v) is 12.1. The van der Waals surface area contributed by atoms with Crippen molar-refractivity contribution in [3.8, 4) is 11.5 Å². The average molecular weight is 603 g/mol. The van der Waals surface area contributed by atoms with Crippen molar-refractivity contribution in [2.45, 2.75) is 13.5 Å². The van der Waals surface area contributed by atoms with Crippen molar-refractivity contribution < 1.29 is 23.9 Å². The van der Waals surface area contributed by atoms with E-state index in [1.54, 1.807) is 48.5 Å². The molecule has 0 spiro atoms. The number of carbonyl (C=O) groups is 3. The number of nitrogens with one attached hydrogen (secondary N) is 1. The van der Waals surface area contributed by atoms with Crippen LogP contribution in [0.4, 0.5) is 10.5 Å².